The first-order chi connectivity index (χ1) is 5.63. The van der Waals surface area contributed by atoms with E-state index >= 15 is 0 Å². The van der Waals surface area contributed by atoms with Gasteiger partial charge in [-0.15, -0.1) is 0 Å². The van der Waals surface area contributed by atoms with Gasteiger partial charge in [0.2, 0.25) is 6.23 Å². The largest absolute Gasteiger partial charge is 0.478 e. The molecule has 1 heterocycles. The molecule has 1 aliphatic rings. The smallest absolute Gasteiger partial charge is 0.348 e. The van der Waals surface area contributed by atoms with E-state index in [-0.39, 0.29) is 6.04 Å². The van der Waals surface area contributed by atoms with Crippen LogP contribution in [0.3, 0.4) is 0 Å². The predicted octanol–water partition coefficient (Wildman–Crippen LogP) is 0.264. The molecule has 1 saturated heterocycles. The van der Waals surface area contributed by atoms with Crippen molar-refractivity contribution < 1.29 is 15.0 Å². The molecule has 12 heavy (non-hydrogen) atoms. The molecule has 0 amide bonds. The molecular weight excluding hydrogens is 158 g/mol. The highest BCUT2D eigenvalue weighted by atomic mass is 16.4. The number of hydrogen-bond acceptors (Lipinski definition) is 3. The number of likely N-dealkylation sites (tertiary alicyclic amines) is 1. The predicted molar refractivity (Wildman–Crippen MR) is 43.7 cm³/mol. The van der Waals surface area contributed by atoms with Crippen LogP contribution in [0.4, 0.5) is 0 Å². The van der Waals surface area contributed by atoms with Crippen LogP contribution in [0.1, 0.15) is 26.2 Å². The maximum atomic E-state index is 10.5. The number of piperidine rings is 1. The molecule has 70 valence electrons. The lowest BCUT2D eigenvalue weighted by atomic mass is 10.0. The van der Waals surface area contributed by atoms with Gasteiger partial charge in [0.15, 0.2) is 0 Å². The second-order valence-corrected chi connectivity index (χ2v) is 3.29. The molecule has 1 fully saturated rings. The van der Waals surface area contributed by atoms with Crippen molar-refractivity contribution in [3.63, 3.8) is 0 Å². The Hall–Kier alpha value is -0.610. The van der Waals surface area contributed by atoms with Crippen molar-refractivity contribution in [1.29, 1.82) is 0 Å². The Morgan fingerprint density at radius 2 is 2.25 bits per heavy atom. The Labute approximate surface area is 71.8 Å². The minimum absolute atomic E-state index is 0.185. The zero-order valence-electron chi connectivity index (χ0n) is 7.23. The third-order valence-corrected chi connectivity index (χ3v) is 2.39. The van der Waals surface area contributed by atoms with Crippen LogP contribution in [0.2, 0.25) is 0 Å². The number of aliphatic hydroxyl groups excluding tert-OH is 1. The van der Waals surface area contributed by atoms with Gasteiger partial charge in [0.25, 0.3) is 0 Å². The number of hydrogen-bond donors (Lipinski definition) is 2. The average molecular weight is 173 g/mol. The fourth-order valence-electron chi connectivity index (χ4n) is 1.63. The molecular formula is C8H15NO3. The lowest BCUT2D eigenvalue weighted by Crippen LogP contribution is -2.48. The first kappa shape index (κ1) is 9.48. The average Bonchev–Trinajstić information content (AvgIpc) is 2.04. The molecule has 0 aromatic heterocycles. The van der Waals surface area contributed by atoms with Crippen LogP contribution in [0.25, 0.3) is 0 Å². The topological polar surface area (TPSA) is 60.8 Å². The van der Waals surface area contributed by atoms with Crippen LogP contribution in [-0.4, -0.2) is 39.9 Å². The molecule has 2 N–H and O–H groups in total. The van der Waals surface area contributed by atoms with Gasteiger partial charge >= 0.3 is 5.97 Å². The van der Waals surface area contributed by atoms with E-state index in [1.165, 1.54) is 0 Å². The van der Waals surface area contributed by atoms with Crippen LogP contribution in [0, 0.1) is 0 Å². The lowest BCUT2D eigenvalue weighted by Gasteiger charge is -2.34. The Bertz CT molecular complexity index is 172. The fourth-order valence-corrected chi connectivity index (χ4v) is 1.63. The number of aliphatic carboxylic acids is 1. The highest BCUT2D eigenvalue weighted by molar-refractivity contribution is 5.71. The number of aliphatic hydroxyl groups is 1. The molecule has 0 aliphatic carbocycles. The molecule has 0 bridgehead atoms. The summed E-state index contributed by atoms with van der Waals surface area (Å²) in [7, 11) is 0. The summed E-state index contributed by atoms with van der Waals surface area (Å²) in [6.07, 6.45) is 1.77. The number of carboxylic acids is 1. The molecule has 1 rings (SSSR count). The van der Waals surface area contributed by atoms with E-state index in [2.05, 4.69) is 0 Å². The molecule has 0 aromatic carbocycles. The minimum atomic E-state index is -1.32. The van der Waals surface area contributed by atoms with Crippen molar-refractivity contribution >= 4 is 5.97 Å². The van der Waals surface area contributed by atoms with Gasteiger partial charge in [-0.2, -0.15) is 0 Å². The maximum Gasteiger partial charge on any atom is 0.348 e. The monoisotopic (exact) mass is 173 g/mol. The third kappa shape index (κ3) is 1.95. The van der Waals surface area contributed by atoms with Crippen molar-refractivity contribution in [1.82, 2.24) is 4.90 Å². The number of nitrogens with zero attached hydrogens (tertiary/aromatic N) is 1. The summed E-state index contributed by atoms with van der Waals surface area (Å²) in [5, 5.41) is 17.8. The van der Waals surface area contributed by atoms with E-state index in [1.54, 1.807) is 4.90 Å². The van der Waals surface area contributed by atoms with E-state index in [0.29, 0.717) is 6.54 Å². The molecule has 2 unspecified atom stereocenters. The van der Waals surface area contributed by atoms with Gasteiger partial charge in [0.1, 0.15) is 0 Å². The Morgan fingerprint density at radius 3 is 2.75 bits per heavy atom. The van der Waals surface area contributed by atoms with Crippen LogP contribution in [0.5, 0.6) is 0 Å². The molecule has 1 aliphatic heterocycles. The molecule has 0 aromatic rings. The van der Waals surface area contributed by atoms with Gasteiger partial charge in [-0.25, -0.2) is 4.79 Å². The van der Waals surface area contributed by atoms with E-state index < -0.39 is 12.2 Å². The van der Waals surface area contributed by atoms with E-state index in [1.807, 2.05) is 6.92 Å². The lowest BCUT2D eigenvalue weighted by molar-refractivity contribution is -0.161. The Kier molecular flexibility index (Phi) is 3.05. The summed E-state index contributed by atoms with van der Waals surface area (Å²) in [5.74, 6) is -1.15. The number of carbonyl (C=O) groups is 1. The molecule has 0 radical (unpaired) electrons. The summed E-state index contributed by atoms with van der Waals surface area (Å²) >= 11 is 0. The normalized spacial score (nSPS) is 28.3. The first-order valence-corrected chi connectivity index (χ1v) is 4.29. The van der Waals surface area contributed by atoms with Gasteiger partial charge in [-0.05, 0) is 19.8 Å². The van der Waals surface area contributed by atoms with Gasteiger partial charge in [0, 0.05) is 12.6 Å². The summed E-state index contributed by atoms with van der Waals surface area (Å²) < 4.78 is 0. The molecule has 0 spiro atoms. The van der Waals surface area contributed by atoms with Crippen molar-refractivity contribution in [3.05, 3.63) is 0 Å². The standard InChI is InChI=1S/C8H15NO3/c1-6-4-2-3-5-9(6)7(10)8(11)12/h6-7,10H,2-5H2,1H3,(H,11,12). The highest BCUT2D eigenvalue weighted by Crippen LogP contribution is 2.17. The summed E-state index contributed by atoms with van der Waals surface area (Å²) in [6.45, 7) is 2.64. The Morgan fingerprint density at radius 1 is 1.58 bits per heavy atom. The van der Waals surface area contributed by atoms with Crippen molar-refractivity contribution in [3.8, 4) is 0 Å². The van der Waals surface area contributed by atoms with Crippen molar-refractivity contribution in [2.45, 2.75) is 38.5 Å². The molecule has 0 saturated carbocycles. The maximum absolute atomic E-state index is 10.5. The van der Waals surface area contributed by atoms with Crippen LogP contribution < -0.4 is 0 Å². The molecule has 2 atom stereocenters. The summed E-state index contributed by atoms with van der Waals surface area (Å²) in [4.78, 5) is 12.1. The Balaban J connectivity index is 2.53. The van der Waals surface area contributed by atoms with Crippen molar-refractivity contribution in [2.75, 3.05) is 6.54 Å². The zero-order chi connectivity index (χ0) is 9.14. The van der Waals surface area contributed by atoms with Gasteiger partial charge < -0.3 is 10.2 Å². The van der Waals surface area contributed by atoms with Crippen molar-refractivity contribution in [2.24, 2.45) is 0 Å². The second kappa shape index (κ2) is 3.87. The second-order valence-electron chi connectivity index (χ2n) is 3.29. The summed E-state index contributed by atoms with van der Waals surface area (Å²) in [5.41, 5.74) is 0. The minimum Gasteiger partial charge on any atom is -0.478 e. The SMILES string of the molecule is CC1CCCCN1C(O)C(=O)O. The highest BCUT2D eigenvalue weighted by Gasteiger charge is 2.28. The molecule has 4 nitrogen and oxygen atoms in total. The van der Waals surface area contributed by atoms with E-state index in [4.69, 9.17) is 5.11 Å². The van der Waals surface area contributed by atoms with Crippen LogP contribution in [-0.2, 0) is 4.79 Å². The quantitative estimate of drug-likeness (QED) is 0.629. The zero-order valence-corrected chi connectivity index (χ0v) is 7.23. The van der Waals surface area contributed by atoms with Gasteiger partial charge in [-0.1, -0.05) is 6.42 Å². The van der Waals surface area contributed by atoms with E-state index in [9.17, 15) is 9.90 Å². The number of rotatable bonds is 2. The van der Waals surface area contributed by atoms with Crippen LogP contribution in [0.15, 0.2) is 0 Å². The van der Waals surface area contributed by atoms with Gasteiger partial charge in [0.05, 0.1) is 0 Å². The first-order valence-electron chi connectivity index (χ1n) is 4.29. The fraction of sp³-hybridized carbons (Fsp3) is 0.875. The number of carboxylic acid groups (broad SMARTS) is 1. The third-order valence-electron chi connectivity index (χ3n) is 2.39. The van der Waals surface area contributed by atoms with Gasteiger partial charge in [-0.3, -0.25) is 4.90 Å². The molecule has 4 heteroatoms. The van der Waals surface area contributed by atoms with Crippen LogP contribution >= 0.6 is 0 Å². The summed E-state index contributed by atoms with van der Waals surface area (Å²) in [6, 6.07) is 0.185. The van der Waals surface area contributed by atoms with E-state index in [0.717, 1.165) is 19.3 Å².